The van der Waals surface area contributed by atoms with Crippen LogP contribution in [0.15, 0.2) is 218 Å². The summed E-state index contributed by atoms with van der Waals surface area (Å²) >= 11 is 0. The highest BCUT2D eigenvalue weighted by atomic mass is 14.9. The second-order valence-corrected chi connectivity index (χ2v) is 19.0. The molecule has 4 aromatic heterocycles. The van der Waals surface area contributed by atoms with Crippen molar-refractivity contribution < 1.29 is 0 Å². The molecule has 11 aromatic carbocycles. The summed E-state index contributed by atoms with van der Waals surface area (Å²) in [6.07, 6.45) is 0. The van der Waals surface area contributed by atoms with Gasteiger partial charge in [-0.25, -0.2) is 0 Å². The fourth-order valence-electron chi connectivity index (χ4n) is 13.3. The first-order valence-corrected chi connectivity index (χ1v) is 23.8. The predicted octanol–water partition coefficient (Wildman–Crippen LogP) is 17.9. The second-order valence-electron chi connectivity index (χ2n) is 19.0. The molecule has 0 fully saturated rings. The smallest absolute Gasteiger partial charge is 0.0634 e. The lowest BCUT2D eigenvalue weighted by atomic mass is 9.80. The third kappa shape index (κ3) is 4.18. The molecule has 2 aliphatic rings. The van der Waals surface area contributed by atoms with Crippen LogP contribution in [0.2, 0.25) is 0 Å². The molecular formula is C66H36N2. The van der Waals surface area contributed by atoms with Crippen LogP contribution in [-0.4, -0.2) is 8.80 Å². The van der Waals surface area contributed by atoms with Gasteiger partial charge in [0.1, 0.15) is 0 Å². The first-order valence-electron chi connectivity index (χ1n) is 23.8. The van der Waals surface area contributed by atoms with Crippen molar-refractivity contribution in [1.82, 2.24) is 8.80 Å². The van der Waals surface area contributed by atoms with Gasteiger partial charge in [0.05, 0.1) is 33.1 Å². The van der Waals surface area contributed by atoms with Gasteiger partial charge < -0.3 is 8.80 Å². The van der Waals surface area contributed by atoms with E-state index in [0.29, 0.717) is 0 Å². The molecule has 0 saturated heterocycles. The lowest BCUT2D eigenvalue weighted by molar-refractivity contribution is 1.37. The molecule has 0 N–H and O–H groups in total. The van der Waals surface area contributed by atoms with Crippen LogP contribution in [0, 0.1) is 0 Å². The first kappa shape index (κ1) is 35.3. The van der Waals surface area contributed by atoms with Crippen LogP contribution in [0.1, 0.15) is 0 Å². The molecule has 2 nitrogen and oxygen atoms in total. The maximum Gasteiger partial charge on any atom is 0.0634 e. The summed E-state index contributed by atoms with van der Waals surface area (Å²) in [7, 11) is 0. The Balaban J connectivity index is 1.10. The summed E-state index contributed by atoms with van der Waals surface area (Å²) in [5.74, 6) is 0. The van der Waals surface area contributed by atoms with Gasteiger partial charge in [0.25, 0.3) is 0 Å². The normalized spacial score (nSPS) is 12.7. The SMILES string of the molecule is c1ccc2c(c1)-c1ccccc1-c1cc3c4c5c6ccccc6n6c7cc8c(cc7c(c7c9ccccc9n(c3cc1-c1ccccc1-2)c74)c56)-c1ccccc1-c1ccccc1-c1ccccc1-8. The maximum atomic E-state index is 2.62. The lowest BCUT2D eigenvalue weighted by Crippen LogP contribution is -1.97. The topological polar surface area (TPSA) is 8.82 Å². The van der Waals surface area contributed by atoms with Crippen LogP contribution in [0.3, 0.4) is 0 Å². The van der Waals surface area contributed by atoms with Gasteiger partial charge in [-0.15, -0.1) is 0 Å². The molecule has 0 bridgehead atoms. The molecule has 4 heterocycles. The molecule has 2 aliphatic carbocycles. The molecule has 310 valence electrons. The van der Waals surface area contributed by atoms with E-state index in [4.69, 9.17) is 0 Å². The molecule has 2 heteroatoms. The zero-order valence-electron chi connectivity index (χ0n) is 36.7. The van der Waals surface area contributed by atoms with Crippen molar-refractivity contribution in [3.05, 3.63) is 218 Å². The third-order valence-corrected chi connectivity index (χ3v) is 15.9. The van der Waals surface area contributed by atoms with E-state index < -0.39 is 0 Å². The Morgan fingerprint density at radius 3 is 0.691 bits per heavy atom. The Kier molecular flexibility index (Phi) is 6.47. The number of hydrogen-bond donors (Lipinski definition) is 0. The fraction of sp³-hybridized carbons (Fsp3) is 0. The van der Waals surface area contributed by atoms with Crippen molar-refractivity contribution in [1.29, 1.82) is 0 Å². The molecule has 15 aromatic rings. The molecule has 0 amide bonds. The van der Waals surface area contributed by atoms with E-state index >= 15 is 0 Å². The monoisotopic (exact) mass is 856 g/mol. The number of benzene rings is 11. The van der Waals surface area contributed by atoms with Gasteiger partial charge >= 0.3 is 0 Å². The quantitative estimate of drug-likeness (QED) is 0.144. The molecule has 0 aliphatic heterocycles. The molecule has 0 unspecified atom stereocenters. The second kappa shape index (κ2) is 12.5. The van der Waals surface area contributed by atoms with Crippen LogP contribution in [0.25, 0.3) is 165 Å². The molecule has 0 atom stereocenters. The minimum Gasteiger partial charge on any atom is -0.308 e. The summed E-state index contributed by atoms with van der Waals surface area (Å²) in [6, 6.07) is 82.5. The zero-order valence-corrected chi connectivity index (χ0v) is 36.7. The van der Waals surface area contributed by atoms with E-state index in [0.717, 1.165) is 0 Å². The van der Waals surface area contributed by atoms with Crippen molar-refractivity contribution in [2.45, 2.75) is 0 Å². The van der Waals surface area contributed by atoms with Crippen LogP contribution < -0.4 is 0 Å². The summed E-state index contributed by atoms with van der Waals surface area (Å²) < 4.78 is 5.24. The van der Waals surface area contributed by atoms with Crippen molar-refractivity contribution in [2.75, 3.05) is 0 Å². The molecule has 68 heavy (non-hydrogen) atoms. The number of nitrogens with zero attached hydrogens (tertiary/aromatic N) is 2. The number of aromatic nitrogens is 2. The molecular weight excluding hydrogens is 821 g/mol. The molecule has 0 saturated carbocycles. The molecule has 0 spiro atoms. The van der Waals surface area contributed by atoms with Crippen LogP contribution in [-0.2, 0) is 0 Å². The number of hydrogen-bond acceptors (Lipinski definition) is 0. The van der Waals surface area contributed by atoms with E-state index in [1.807, 2.05) is 0 Å². The Bertz CT molecular complexity index is 4430. The Labute approximate surface area is 390 Å². The van der Waals surface area contributed by atoms with Crippen molar-refractivity contribution in [2.24, 2.45) is 0 Å². The average molecular weight is 857 g/mol. The van der Waals surface area contributed by atoms with E-state index in [1.165, 1.54) is 165 Å². The molecule has 17 rings (SSSR count). The van der Waals surface area contributed by atoms with Gasteiger partial charge in [0.15, 0.2) is 0 Å². The average Bonchev–Trinajstić information content (AvgIpc) is 4.13. The Morgan fingerprint density at radius 2 is 0.397 bits per heavy atom. The Hall–Kier alpha value is -8.98. The van der Waals surface area contributed by atoms with Crippen LogP contribution >= 0.6 is 0 Å². The standard InChI is InChI=1S/C66H36N2/c1-3-19-39-37(17-1)41-21-5-9-25-45(41)51-33-55-59(35-53(51)47-27-11-7-23-43(39)47)67-57-31-15-14-30-50(57)62-64-56-34-52-46-26-10-6-22-42(46)38-18-2-4-20-40(38)44-24-8-12-28-48(44)54(52)36-60(56)68-58-32-16-13-29-49(58)61(66(64)68)63(55)65(62)67/h1-36H. The number of fused-ring (bicyclic) bond motifs is 30. The van der Waals surface area contributed by atoms with Crippen molar-refractivity contribution in [3.63, 3.8) is 0 Å². The lowest BCUT2D eigenvalue weighted by Gasteiger charge is -2.23. The Morgan fingerprint density at radius 1 is 0.176 bits per heavy atom. The van der Waals surface area contributed by atoms with Crippen LogP contribution in [0.5, 0.6) is 0 Å². The van der Waals surface area contributed by atoms with Gasteiger partial charge in [-0.2, -0.15) is 0 Å². The van der Waals surface area contributed by atoms with E-state index in [9.17, 15) is 0 Å². The van der Waals surface area contributed by atoms with E-state index in [1.54, 1.807) is 0 Å². The van der Waals surface area contributed by atoms with Crippen molar-refractivity contribution >= 4 is 76.2 Å². The van der Waals surface area contributed by atoms with Gasteiger partial charge in [0, 0.05) is 43.1 Å². The maximum absolute atomic E-state index is 2.62. The fourth-order valence-corrected chi connectivity index (χ4v) is 13.3. The first-order chi connectivity index (χ1) is 33.8. The van der Waals surface area contributed by atoms with Gasteiger partial charge in [-0.05, 0) is 125 Å². The van der Waals surface area contributed by atoms with E-state index in [2.05, 4.69) is 227 Å². The number of rotatable bonds is 0. The largest absolute Gasteiger partial charge is 0.308 e. The number of para-hydroxylation sites is 2. The summed E-state index contributed by atoms with van der Waals surface area (Å²) in [5.41, 5.74) is 27.8. The summed E-state index contributed by atoms with van der Waals surface area (Å²) in [5, 5.41) is 10.5. The summed E-state index contributed by atoms with van der Waals surface area (Å²) in [4.78, 5) is 0. The van der Waals surface area contributed by atoms with Crippen molar-refractivity contribution in [3.8, 4) is 89.0 Å². The highest BCUT2D eigenvalue weighted by molar-refractivity contribution is 6.45. The highest BCUT2D eigenvalue weighted by Gasteiger charge is 2.32. The van der Waals surface area contributed by atoms with Gasteiger partial charge in [-0.1, -0.05) is 182 Å². The molecule has 0 radical (unpaired) electrons. The van der Waals surface area contributed by atoms with E-state index in [-0.39, 0.29) is 0 Å². The minimum absolute atomic E-state index is 1.24. The van der Waals surface area contributed by atoms with Crippen LogP contribution in [0.4, 0.5) is 0 Å². The van der Waals surface area contributed by atoms with Gasteiger partial charge in [-0.3, -0.25) is 0 Å². The third-order valence-electron chi connectivity index (χ3n) is 15.9. The minimum atomic E-state index is 1.24. The van der Waals surface area contributed by atoms with Gasteiger partial charge in [0.2, 0.25) is 0 Å². The predicted molar refractivity (Wildman–Crippen MR) is 286 cm³/mol. The zero-order chi connectivity index (χ0) is 43.9. The highest BCUT2D eigenvalue weighted by Crippen LogP contribution is 2.57. The summed E-state index contributed by atoms with van der Waals surface area (Å²) in [6.45, 7) is 0.